The van der Waals surface area contributed by atoms with Crippen LogP contribution in [0.15, 0.2) is 30.5 Å². The van der Waals surface area contributed by atoms with Crippen molar-refractivity contribution in [2.24, 2.45) is 0 Å². The molecule has 2 aromatic rings. The Morgan fingerprint density at radius 3 is 2.29 bits per heavy atom. The van der Waals surface area contributed by atoms with Crippen LogP contribution < -0.4 is 0 Å². The maximum Gasteiger partial charge on any atom is 0.416 e. The summed E-state index contributed by atoms with van der Waals surface area (Å²) >= 11 is 0. The smallest absolute Gasteiger partial charge is 0.248 e. The quantitative estimate of drug-likeness (QED) is 0.584. The zero-order valence-electron chi connectivity index (χ0n) is 14.0. The molecule has 0 amide bonds. The highest BCUT2D eigenvalue weighted by atomic mass is 19.4. The molecule has 2 rings (SSSR count). The van der Waals surface area contributed by atoms with Crippen LogP contribution >= 0.6 is 0 Å². The van der Waals surface area contributed by atoms with Crippen LogP contribution in [-0.4, -0.2) is 15.0 Å². The SMILES string of the molecule is CCCCCCCCc1cn(Cc2ccc(C(F)(F)F)cc2)nn1. The van der Waals surface area contributed by atoms with Gasteiger partial charge in [-0.05, 0) is 30.5 Å². The van der Waals surface area contributed by atoms with Crippen LogP contribution in [0.2, 0.25) is 0 Å². The fraction of sp³-hybridized carbons (Fsp3) is 0.556. The predicted molar refractivity (Wildman–Crippen MR) is 87.6 cm³/mol. The molecule has 0 saturated carbocycles. The zero-order valence-corrected chi connectivity index (χ0v) is 14.0. The lowest BCUT2D eigenvalue weighted by Crippen LogP contribution is -2.05. The Morgan fingerprint density at radius 1 is 0.958 bits per heavy atom. The number of unbranched alkanes of at least 4 members (excludes halogenated alkanes) is 5. The number of nitrogens with zero attached hydrogens (tertiary/aromatic N) is 3. The van der Waals surface area contributed by atoms with E-state index >= 15 is 0 Å². The molecule has 0 spiro atoms. The van der Waals surface area contributed by atoms with Crippen molar-refractivity contribution in [2.75, 3.05) is 0 Å². The van der Waals surface area contributed by atoms with E-state index in [2.05, 4.69) is 17.2 Å². The number of halogens is 3. The summed E-state index contributed by atoms with van der Waals surface area (Å²) in [6, 6.07) is 5.17. The van der Waals surface area contributed by atoms with Crippen molar-refractivity contribution in [3.8, 4) is 0 Å². The summed E-state index contributed by atoms with van der Waals surface area (Å²) in [7, 11) is 0. The highest BCUT2D eigenvalue weighted by molar-refractivity contribution is 5.24. The molecule has 3 nitrogen and oxygen atoms in total. The third-order valence-corrected chi connectivity index (χ3v) is 4.00. The van der Waals surface area contributed by atoms with Crippen molar-refractivity contribution in [3.05, 3.63) is 47.3 Å². The molecule has 0 bridgehead atoms. The highest BCUT2D eigenvalue weighted by Crippen LogP contribution is 2.29. The van der Waals surface area contributed by atoms with Crippen molar-refractivity contribution in [2.45, 2.75) is 64.6 Å². The number of benzene rings is 1. The van der Waals surface area contributed by atoms with Crippen LogP contribution in [0.1, 0.15) is 62.3 Å². The Kier molecular flexibility index (Phi) is 6.82. The molecule has 1 heterocycles. The molecule has 1 aromatic carbocycles. The summed E-state index contributed by atoms with van der Waals surface area (Å²) in [5, 5.41) is 8.19. The van der Waals surface area contributed by atoms with Gasteiger partial charge in [0.1, 0.15) is 0 Å². The van der Waals surface area contributed by atoms with E-state index in [1.165, 1.54) is 44.2 Å². The van der Waals surface area contributed by atoms with E-state index in [-0.39, 0.29) is 0 Å². The van der Waals surface area contributed by atoms with Gasteiger partial charge in [-0.3, -0.25) is 0 Å². The van der Waals surface area contributed by atoms with Gasteiger partial charge in [-0.2, -0.15) is 13.2 Å². The molecule has 6 heteroatoms. The number of aromatic nitrogens is 3. The predicted octanol–water partition coefficient (Wildman–Crippen LogP) is 5.25. The van der Waals surface area contributed by atoms with Gasteiger partial charge in [-0.25, -0.2) is 4.68 Å². The third-order valence-electron chi connectivity index (χ3n) is 4.00. The Balaban J connectivity index is 1.79. The molecule has 132 valence electrons. The van der Waals surface area contributed by atoms with E-state index in [9.17, 15) is 13.2 Å². The van der Waals surface area contributed by atoms with Crippen LogP contribution in [0.25, 0.3) is 0 Å². The van der Waals surface area contributed by atoms with Crippen LogP contribution in [0.4, 0.5) is 13.2 Å². The summed E-state index contributed by atoms with van der Waals surface area (Å²) in [5.41, 5.74) is 1.09. The van der Waals surface area contributed by atoms with E-state index in [1.54, 1.807) is 4.68 Å². The summed E-state index contributed by atoms with van der Waals surface area (Å²) in [4.78, 5) is 0. The van der Waals surface area contributed by atoms with E-state index in [0.29, 0.717) is 6.54 Å². The lowest BCUT2D eigenvalue weighted by Gasteiger charge is -2.07. The maximum atomic E-state index is 12.5. The topological polar surface area (TPSA) is 30.7 Å². The van der Waals surface area contributed by atoms with Crippen molar-refractivity contribution < 1.29 is 13.2 Å². The lowest BCUT2D eigenvalue weighted by molar-refractivity contribution is -0.137. The van der Waals surface area contributed by atoms with Crippen molar-refractivity contribution in [1.29, 1.82) is 0 Å². The Labute approximate surface area is 140 Å². The number of aryl methyl sites for hydroxylation is 1. The van der Waals surface area contributed by atoms with Gasteiger partial charge >= 0.3 is 6.18 Å². The molecule has 24 heavy (non-hydrogen) atoms. The molecule has 0 aliphatic carbocycles. The average Bonchev–Trinajstić information content (AvgIpc) is 2.98. The Bertz CT molecular complexity index is 603. The first-order chi connectivity index (χ1) is 11.5. The molecule has 0 aliphatic heterocycles. The largest absolute Gasteiger partial charge is 0.416 e. The Morgan fingerprint density at radius 2 is 1.62 bits per heavy atom. The second-order valence-corrected chi connectivity index (χ2v) is 6.12. The van der Waals surface area contributed by atoms with Gasteiger partial charge in [0.15, 0.2) is 0 Å². The molecule has 0 N–H and O–H groups in total. The molecular weight excluding hydrogens is 315 g/mol. The fourth-order valence-electron chi connectivity index (χ4n) is 2.60. The van der Waals surface area contributed by atoms with E-state index in [0.717, 1.165) is 36.2 Å². The molecule has 0 fully saturated rings. The first-order valence-corrected chi connectivity index (χ1v) is 8.54. The summed E-state index contributed by atoms with van der Waals surface area (Å²) in [6.07, 6.45) is 5.87. The van der Waals surface area contributed by atoms with Crippen molar-refractivity contribution >= 4 is 0 Å². The molecule has 0 unspecified atom stereocenters. The van der Waals surface area contributed by atoms with Gasteiger partial charge in [0.25, 0.3) is 0 Å². The van der Waals surface area contributed by atoms with E-state index in [4.69, 9.17) is 0 Å². The van der Waals surface area contributed by atoms with Gasteiger partial charge in [0.05, 0.1) is 17.8 Å². The maximum absolute atomic E-state index is 12.5. The van der Waals surface area contributed by atoms with Gasteiger partial charge in [-0.15, -0.1) is 5.10 Å². The number of hydrogen-bond donors (Lipinski definition) is 0. The van der Waals surface area contributed by atoms with Gasteiger partial charge < -0.3 is 0 Å². The first-order valence-electron chi connectivity index (χ1n) is 8.54. The number of alkyl halides is 3. The first kappa shape index (κ1) is 18.5. The van der Waals surface area contributed by atoms with Gasteiger partial charge in [0.2, 0.25) is 0 Å². The van der Waals surface area contributed by atoms with Crippen LogP contribution in [0, 0.1) is 0 Å². The molecule has 1 aromatic heterocycles. The third kappa shape index (κ3) is 5.98. The minimum absolute atomic E-state index is 0.432. The normalized spacial score (nSPS) is 11.8. The minimum atomic E-state index is -4.30. The molecular formula is C18H24F3N3. The standard InChI is InChI=1S/C18H24F3N3/c1-2-3-4-5-6-7-8-17-14-24(23-22-17)13-15-9-11-16(12-10-15)18(19,20)21/h9-12,14H,2-8,13H2,1H3. The summed E-state index contributed by atoms with van der Waals surface area (Å²) in [5.74, 6) is 0. The molecule has 0 atom stereocenters. The second kappa shape index (κ2) is 8.85. The van der Waals surface area contributed by atoms with Gasteiger partial charge in [0, 0.05) is 6.20 Å². The van der Waals surface area contributed by atoms with E-state index < -0.39 is 11.7 Å². The van der Waals surface area contributed by atoms with Crippen LogP contribution in [-0.2, 0) is 19.1 Å². The second-order valence-electron chi connectivity index (χ2n) is 6.12. The molecule has 0 saturated heterocycles. The van der Waals surface area contributed by atoms with Crippen LogP contribution in [0.3, 0.4) is 0 Å². The summed E-state index contributed by atoms with van der Waals surface area (Å²) in [6.45, 7) is 2.64. The minimum Gasteiger partial charge on any atom is -0.248 e. The summed E-state index contributed by atoms with van der Waals surface area (Å²) < 4.78 is 39.3. The fourth-order valence-corrected chi connectivity index (χ4v) is 2.60. The van der Waals surface area contributed by atoms with Crippen LogP contribution in [0.5, 0.6) is 0 Å². The van der Waals surface area contributed by atoms with Gasteiger partial charge in [-0.1, -0.05) is 56.4 Å². The monoisotopic (exact) mass is 339 g/mol. The average molecular weight is 339 g/mol. The Hall–Kier alpha value is -1.85. The zero-order chi connectivity index (χ0) is 17.4. The van der Waals surface area contributed by atoms with Crippen molar-refractivity contribution in [3.63, 3.8) is 0 Å². The molecule has 0 radical (unpaired) electrons. The number of hydrogen-bond acceptors (Lipinski definition) is 2. The highest BCUT2D eigenvalue weighted by Gasteiger charge is 2.29. The lowest BCUT2D eigenvalue weighted by atomic mass is 10.1. The number of rotatable bonds is 9. The van der Waals surface area contributed by atoms with Crippen molar-refractivity contribution in [1.82, 2.24) is 15.0 Å². The van der Waals surface area contributed by atoms with E-state index in [1.807, 2.05) is 6.20 Å². The molecule has 0 aliphatic rings.